The van der Waals surface area contributed by atoms with Crippen LogP contribution in [0.3, 0.4) is 0 Å². The van der Waals surface area contributed by atoms with Crippen molar-refractivity contribution in [3.63, 3.8) is 0 Å². The second kappa shape index (κ2) is 14.1. The summed E-state index contributed by atoms with van der Waals surface area (Å²) in [5, 5.41) is 16.8. The minimum absolute atomic E-state index is 0.151. The number of aliphatic carboxylic acids is 1. The molecule has 4 unspecified atom stereocenters. The smallest absolute Gasteiger partial charge is 0.326 e. The number of primary amides is 1. The van der Waals surface area contributed by atoms with Crippen molar-refractivity contribution in [1.29, 1.82) is 0 Å². The maximum Gasteiger partial charge on any atom is 0.326 e. The lowest BCUT2D eigenvalue weighted by Gasteiger charge is -2.27. The monoisotopic (exact) mass is 491 g/mol. The molecule has 0 aliphatic rings. The van der Waals surface area contributed by atoms with E-state index in [0.29, 0.717) is 6.42 Å². The van der Waals surface area contributed by atoms with Gasteiger partial charge < -0.3 is 32.5 Å². The van der Waals surface area contributed by atoms with E-state index in [0.717, 1.165) is 5.56 Å². The summed E-state index contributed by atoms with van der Waals surface area (Å²) < 4.78 is 0. The second-order valence-electron chi connectivity index (χ2n) is 9.29. The van der Waals surface area contributed by atoms with Crippen LogP contribution in [0.25, 0.3) is 0 Å². The zero-order valence-corrected chi connectivity index (χ0v) is 20.6. The number of rotatable bonds is 14. The molecule has 0 radical (unpaired) electrons. The lowest BCUT2D eigenvalue weighted by molar-refractivity contribution is -0.144. The summed E-state index contributed by atoms with van der Waals surface area (Å²) >= 11 is 0. The highest BCUT2D eigenvalue weighted by molar-refractivity contribution is 5.95. The number of carbonyl (C=O) groups excluding carboxylic acids is 4. The maximum absolute atomic E-state index is 13.2. The fourth-order valence-electron chi connectivity index (χ4n) is 3.40. The van der Waals surface area contributed by atoms with E-state index < -0.39 is 66.1 Å². The lowest BCUT2D eigenvalue weighted by Crippen LogP contribution is -2.59. The third kappa shape index (κ3) is 10.6. The Morgan fingerprint density at radius 1 is 0.857 bits per heavy atom. The van der Waals surface area contributed by atoms with Crippen molar-refractivity contribution in [3.8, 4) is 0 Å². The minimum atomic E-state index is -1.54. The predicted molar refractivity (Wildman–Crippen MR) is 130 cm³/mol. The van der Waals surface area contributed by atoms with E-state index in [2.05, 4.69) is 16.0 Å². The van der Waals surface area contributed by atoms with Crippen LogP contribution < -0.4 is 27.4 Å². The van der Waals surface area contributed by atoms with E-state index in [1.165, 1.54) is 0 Å². The summed E-state index contributed by atoms with van der Waals surface area (Å²) in [6, 6.07) is 4.51. The van der Waals surface area contributed by atoms with Crippen LogP contribution in [0.5, 0.6) is 0 Å². The zero-order chi connectivity index (χ0) is 26.7. The molecule has 0 saturated carbocycles. The first kappa shape index (κ1) is 29.6. The van der Waals surface area contributed by atoms with Crippen LogP contribution in [0.15, 0.2) is 30.3 Å². The molecule has 11 nitrogen and oxygen atoms in total. The average molecular weight is 492 g/mol. The van der Waals surface area contributed by atoms with Crippen molar-refractivity contribution in [1.82, 2.24) is 16.0 Å². The predicted octanol–water partition coefficient (Wildman–Crippen LogP) is -0.327. The quantitative estimate of drug-likeness (QED) is 0.205. The summed E-state index contributed by atoms with van der Waals surface area (Å²) in [5.41, 5.74) is 11.8. The first-order valence-corrected chi connectivity index (χ1v) is 11.5. The molecule has 4 amide bonds. The van der Waals surface area contributed by atoms with Crippen LogP contribution in [-0.4, -0.2) is 58.9 Å². The van der Waals surface area contributed by atoms with Crippen LogP contribution in [0, 0.1) is 11.8 Å². The minimum Gasteiger partial charge on any atom is -0.480 e. The zero-order valence-electron chi connectivity index (χ0n) is 20.6. The molecule has 0 bridgehead atoms. The number of benzene rings is 1. The highest BCUT2D eigenvalue weighted by Gasteiger charge is 2.32. The van der Waals surface area contributed by atoms with Gasteiger partial charge in [0.1, 0.15) is 18.1 Å². The van der Waals surface area contributed by atoms with Gasteiger partial charge in [0.25, 0.3) is 0 Å². The van der Waals surface area contributed by atoms with Gasteiger partial charge in [0.2, 0.25) is 23.6 Å². The molecule has 1 aromatic carbocycles. The van der Waals surface area contributed by atoms with Crippen molar-refractivity contribution in [3.05, 3.63) is 35.9 Å². The first-order valence-electron chi connectivity index (χ1n) is 11.5. The molecule has 0 aliphatic heterocycles. The molecule has 0 aromatic heterocycles. The largest absolute Gasteiger partial charge is 0.480 e. The molecule has 0 saturated heterocycles. The lowest BCUT2D eigenvalue weighted by atomic mass is 9.99. The van der Waals surface area contributed by atoms with Crippen molar-refractivity contribution in [2.24, 2.45) is 23.3 Å². The Kier molecular flexibility index (Phi) is 11.9. The van der Waals surface area contributed by atoms with Crippen LogP contribution >= 0.6 is 0 Å². The molecule has 0 aliphatic carbocycles. The Labute approximate surface area is 205 Å². The van der Waals surface area contributed by atoms with E-state index in [9.17, 15) is 29.1 Å². The number of carboxylic acid groups (broad SMARTS) is 1. The summed E-state index contributed by atoms with van der Waals surface area (Å²) in [6.45, 7) is 7.18. The van der Waals surface area contributed by atoms with Crippen molar-refractivity contribution >= 4 is 29.6 Å². The fourth-order valence-corrected chi connectivity index (χ4v) is 3.40. The molecule has 194 valence electrons. The van der Waals surface area contributed by atoms with E-state index >= 15 is 0 Å². The number of carbonyl (C=O) groups is 5. The Hall–Kier alpha value is -3.47. The third-order valence-electron chi connectivity index (χ3n) is 5.24. The van der Waals surface area contributed by atoms with Crippen LogP contribution in [0.4, 0.5) is 0 Å². The van der Waals surface area contributed by atoms with E-state index in [4.69, 9.17) is 11.5 Å². The molecule has 0 fully saturated rings. The first-order chi connectivity index (χ1) is 16.3. The average Bonchev–Trinajstić information content (AvgIpc) is 2.75. The fraction of sp³-hybridized carbons (Fsp3) is 0.542. The molecule has 8 N–H and O–H groups in total. The van der Waals surface area contributed by atoms with Gasteiger partial charge in [-0.15, -0.1) is 0 Å². The molecular weight excluding hydrogens is 454 g/mol. The number of carboxylic acids is 1. The van der Waals surface area contributed by atoms with Crippen molar-refractivity contribution in [2.45, 2.75) is 71.1 Å². The number of hydrogen-bond acceptors (Lipinski definition) is 6. The van der Waals surface area contributed by atoms with E-state index in [1.807, 2.05) is 19.9 Å². The van der Waals surface area contributed by atoms with Crippen molar-refractivity contribution < 1.29 is 29.1 Å². The molecule has 1 rings (SSSR count). The molecule has 4 atom stereocenters. The Morgan fingerprint density at radius 3 is 1.91 bits per heavy atom. The second-order valence-corrected chi connectivity index (χ2v) is 9.29. The standard InChI is InChI=1S/C24H37N5O6/c1-13(2)10-16(25)21(31)27-17(11-15-8-6-5-7-9-15)22(32)29-20(14(3)4)23(33)28-18(24(34)35)12-19(26)30/h5-9,13-14,16-18,20H,10-12,25H2,1-4H3,(H2,26,30)(H,27,31)(H,28,33)(H,29,32)(H,34,35). The Balaban J connectivity index is 3.07. The van der Waals surface area contributed by atoms with Gasteiger partial charge in [0.05, 0.1) is 12.5 Å². The topological polar surface area (TPSA) is 194 Å². The summed E-state index contributed by atoms with van der Waals surface area (Å²) in [7, 11) is 0. The van der Waals surface area contributed by atoms with E-state index in [1.54, 1.807) is 38.1 Å². The van der Waals surface area contributed by atoms with Crippen LogP contribution in [-0.2, 0) is 30.4 Å². The highest BCUT2D eigenvalue weighted by Crippen LogP contribution is 2.09. The highest BCUT2D eigenvalue weighted by atomic mass is 16.4. The van der Waals surface area contributed by atoms with Crippen molar-refractivity contribution in [2.75, 3.05) is 0 Å². The third-order valence-corrected chi connectivity index (χ3v) is 5.24. The van der Waals surface area contributed by atoms with Gasteiger partial charge in [-0.1, -0.05) is 58.0 Å². The summed E-state index contributed by atoms with van der Waals surface area (Å²) in [6.07, 6.45) is -0.0160. The SMILES string of the molecule is CC(C)CC(N)C(=O)NC(Cc1ccccc1)C(=O)NC(C(=O)NC(CC(N)=O)C(=O)O)C(C)C. The molecule has 35 heavy (non-hydrogen) atoms. The van der Waals surface area contributed by atoms with Crippen LogP contribution in [0.1, 0.15) is 46.1 Å². The van der Waals surface area contributed by atoms with Gasteiger partial charge in [-0.05, 0) is 23.8 Å². The summed E-state index contributed by atoms with van der Waals surface area (Å²) in [5.74, 6) is -4.50. The van der Waals surface area contributed by atoms with Gasteiger partial charge in [-0.25, -0.2) is 4.79 Å². The summed E-state index contributed by atoms with van der Waals surface area (Å²) in [4.78, 5) is 61.2. The maximum atomic E-state index is 13.2. The molecule has 11 heteroatoms. The molecule has 0 spiro atoms. The van der Waals surface area contributed by atoms with E-state index in [-0.39, 0.29) is 12.3 Å². The Bertz CT molecular complexity index is 890. The van der Waals surface area contributed by atoms with Gasteiger partial charge in [0, 0.05) is 6.42 Å². The molecule has 0 heterocycles. The van der Waals surface area contributed by atoms with Gasteiger partial charge in [-0.3, -0.25) is 19.2 Å². The Morgan fingerprint density at radius 2 is 1.43 bits per heavy atom. The normalized spacial score (nSPS) is 14.5. The number of nitrogens with two attached hydrogens (primary N) is 2. The van der Waals surface area contributed by atoms with Gasteiger partial charge >= 0.3 is 5.97 Å². The number of amides is 4. The van der Waals surface area contributed by atoms with Gasteiger partial charge in [0.15, 0.2) is 0 Å². The number of hydrogen-bond donors (Lipinski definition) is 6. The molecule has 1 aromatic rings. The van der Waals surface area contributed by atoms with Gasteiger partial charge in [-0.2, -0.15) is 0 Å². The van der Waals surface area contributed by atoms with Crippen LogP contribution in [0.2, 0.25) is 0 Å². The molecular formula is C24H37N5O6. The number of nitrogens with one attached hydrogen (secondary N) is 3.